The van der Waals surface area contributed by atoms with Gasteiger partial charge in [0, 0.05) is 6.04 Å². The Morgan fingerprint density at radius 1 is 1.21 bits per heavy atom. The average Bonchev–Trinajstić information content (AvgIpc) is 3.10. The van der Waals surface area contributed by atoms with Gasteiger partial charge in [-0.2, -0.15) is 0 Å². The second-order valence-corrected chi connectivity index (χ2v) is 6.46. The van der Waals surface area contributed by atoms with Crippen LogP contribution in [0.25, 0.3) is 0 Å². The number of fused-ring (bicyclic) bond motifs is 1. The largest absolute Gasteiger partial charge is 0.496 e. The van der Waals surface area contributed by atoms with Gasteiger partial charge in [0.2, 0.25) is 0 Å². The number of benzene rings is 2. The van der Waals surface area contributed by atoms with Crippen LogP contribution < -0.4 is 14.2 Å². The third-order valence-electron chi connectivity index (χ3n) is 4.88. The van der Waals surface area contributed by atoms with E-state index in [1.165, 1.54) is 19.8 Å². The van der Waals surface area contributed by atoms with Crippen molar-refractivity contribution in [3.05, 3.63) is 53.1 Å². The number of hydrogen-bond acceptors (Lipinski definition) is 5. The predicted octanol–water partition coefficient (Wildman–Crippen LogP) is 3.90. The molecule has 0 bridgehead atoms. The van der Waals surface area contributed by atoms with Crippen molar-refractivity contribution in [1.82, 2.24) is 4.90 Å². The van der Waals surface area contributed by atoms with Crippen LogP contribution in [0.3, 0.4) is 0 Å². The molecular formula is C22H24ClNO4. The van der Waals surface area contributed by atoms with Crippen LogP contribution >= 0.6 is 12.4 Å². The van der Waals surface area contributed by atoms with Gasteiger partial charge >= 0.3 is 5.97 Å². The van der Waals surface area contributed by atoms with Crippen LogP contribution in [-0.2, 0) is 6.42 Å². The van der Waals surface area contributed by atoms with Crippen LogP contribution in [0.4, 0.5) is 0 Å². The number of halogens is 1. The lowest BCUT2D eigenvalue weighted by atomic mass is 10.1. The van der Waals surface area contributed by atoms with Gasteiger partial charge in [0.05, 0.1) is 20.8 Å². The van der Waals surface area contributed by atoms with Gasteiger partial charge in [-0.1, -0.05) is 18.1 Å². The molecule has 0 spiro atoms. The van der Waals surface area contributed by atoms with Crippen molar-refractivity contribution in [3.8, 4) is 29.6 Å². The fourth-order valence-corrected chi connectivity index (χ4v) is 3.54. The number of rotatable bonds is 6. The third-order valence-corrected chi connectivity index (χ3v) is 4.88. The van der Waals surface area contributed by atoms with E-state index in [0.717, 1.165) is 18.4 Å². The maximum absolute atomic E-state index is 12.8. The summed E-state index contributed by atoms with van der Waals surface area (Å²) >= 11 is 0. The molecule has 0 aliphatic heterocycles. The number of carbonyl (C=O) groups is 1. The number of terminal acetylenes is 1. The van der Waals surface area contributed by atoms with Crippen LogP contribution in [0.2, 0.25) is 0 Å². The predicted molar refractivity (Wildman–Crippen MR) is 111 cm³/mol. The van der Waals surface area contributed by atoms with E-state index in [1.54, 1.807) is 18.2 Å². The molecule has 0 saturated heterocycles. The van der Waals surface area contributed by atoms with E-state index in [9.17, 15) is 4.79 Å². The van der Waals surface area contributed by atoms with Crippen LogP contribution in [-0.4, -0.2) is 38.7 Å². The highest BCUT2D eigenvalue weighted by Gasteiger charge is 2.27. The summed E-state index contributed by atoms with van der Waals surface area (Å²) in [6.07, 6.45) is 7.44. The topological polar surface area (TPSA) is 48.0 Å². The SMILES string of the molecule is C#CCN(C)[C@@H]1CCc2ccc(OC(=O)c3c(OC)cccc3OC)cc21.Cl. The first kappa shape index (κ1) is 21.6. The highest BCUT2D eigenvalue weighted by molar-refractivity contribution is 5.97. The van der Waals surface area contributed by atoms with Gasteiger partial charge in [-0.25, -0.2) is 4.79 Å². The Morgan fingerprint density at radius 3 is 2.50 bits per heavy atom. The number of aryl methyl sites for hydroxylation is 1. The van der Waals surface area contributed by atoms with Gasteiger partial charge in [-0.15, -0.1) is 18.8 Å². The van der Waals surface area contributed by atoms with Crippen molar-refractivity contribution in [1.29, 1.82) is 0 Å². The van der Waals surface area contributed by atoms with Gasteiger partial charge in [0.15, 0.2) is 0 Å². The minimum atomic E-state index is -0.518. The molecule has 0 aromatic heterocycles. The Kier molecular flexibility index (Phi) is 7.33. The third kappa shape index (κ3) is 4.24. The monoisotopic (exact) mass is 401 g/mol. The van der Waals surface area contributed by atoms with E-state index in [4.69, 9.17) is 20.6 Å². The highest BCUT2D eigenvalue weighted by atomic mass is 35.5. The summed E-state index contributed by atoms with van der Waals surface area (Å²) in [5.41, 5.74) is 2.69. The summed E-state index contributed by atoms with van der Waals surface area (Å²) in [7, 11) is 5.03. The van der Waals surface area contributed by atoms with Gasteiger partial charge in [-0.3, -0.25) is 4.90 Å². The Morgan fingerprint density at radius 2 is 1.89 bits per heavy atom. The minimum Gasteiger partial charge on any atom is -0.496 e. The number of ether oxygens (including phenoxy) is 3. The van der Waals surface area contributed by atoms with E-state index in [0.29, 0.717) is 23.8 Å². The summed E-state index contributed by atoms with van der Waals surface area (Å²) in [4.78, 5) is 14.9. The quantitative estimate of drug-likeness (QED) is 0.417. The van der Waals surface area contributed by atoms with Crippen LogP contribution in [0.5, 0.6) is 17.2 Å². The van der Waals surface area contributed by atoms with E-state index >= 15 is 0 Å². The molecule has 1 aliphatic carbocycles. The van der Waals surface area contributed by atoms with Crippen molar-refractivity contribution in [2.75, 3.05) is 27.8 Å². The second-order valence-electron chi connectivity index (χ2n) is 6.46. The van der Waals surface area contributed by atoms with E-state index in [1.807, 2.05) is 25.2 Å². The molecule has 3 rings (SSSR count). The van der Waals surface area contributed by atoms with Gasteiger partial charge in [-0.05, 0) is 55.3 Å². The Hall–Kier alpha value is -2.68. The maximum Gasteiger partial charge on any atom is 0.351 e. The van der Waals surface area contributed by atoms with Gasteiger partial charge in [0.25, 0.3) is 0 Å². The minimum absolute atomic E-state index is 0. The summed E-state index contributed by atoms with van der Waals surface area (Å²) in [6.45, 7) is 0.576. The highest BCUT2D eigenvalue weighted by Crippen LogP contribution is 2.37. The zero-order valence-corrected chi connectivity index (χ0v) is 17.0. The fraction of sp³-hybridized carbons (Fsp3) is 0.318. The molecule has 0 heterocycles. The second kappa shape index (κ2) is 9.50. The summed E-state index contributed by atoms with van der Waals surface area (Å²) in [5, 5.41) is 0. The van der Waals surface area contributed by atoms with Crippen molar-refractivity contribution >= 4 is 18.4 Å². The molecule has 0 radical (unpaired) electrons. The average molecular weight is 402 g/mol. The van der Waals surface area contributed by atoms with E-state index in [2.05, 4.69) is 10.8 Å². The molecule has 5 nitrogen and oxygen atoms in total. The molecule has 6 heteroatoms. The van der Waals surface area contributed by atoms with Crippen molar-refractivity contribution in [2.24, 2.45) is 0 Å². The molecule has 0 unspecified atom stereocenters. The number of esters is 1. The van der Waals surface area contributed by atoms with Gasteiger partial charge < -0.3 is 14.2 Å². The number of carbonyl (C=O) groups excluding carboxylic acids is 1. The van der Waals surface area contributed by atoms with Crippen LogP contribution in [0.15, 0.2) is 36.4 Å². The molecule has 0 fully saturated rings. The first-order valence-electron chi connectivity index (χ1n) is 8.78. The van der Waals surface area contributed by atoms with Gasteiger partial charge in [0.1, 0.15) is 22.8 Å². The molecular weight excluding hydrogens is 378 g/mol. The lowest BCUT2D eigenvalue weighted by molar-refractivity contribution is 0.0727. The van der Waals surface area contributed by atoms with E-state index in [-0.39, 0.29) is 24.0 Å². The molecule has 0 N–H and O–H groups in total. The van der Waals surface area contributed by atoms with Crippen molar-refractivity contribution < 1.29 is 19.0 Å². The molecule has 1 aliphatic rings. The summed E-state index contributed by atoms with van der Waals surface area (Å²) < 4.78 is 16.2. The first-order chi connectivity index (χ1) is 13.1. The smallest absolute Gasteiger partial charge is 0.351 e. The Bertz CT molecular complexity index is 868. The molecule has 28 heavy (non-hydrogen) atoms. The fourth-order valence-electron chi connectivity index (χ4n) is 3.54. The number of methoxy groups -OCH3 is 2. The van der Waals surface area contributed by atoms with Crippen molar-refractivity contribution in [3.63, 3.8) is 0 Å². The molecule has 2 aromatic rings. The first-order valence-corrected chi connectivity index (χ1v) is 8.78. The zero-order chi connectivity index (χ0) is 19.4. The normalized spacial score (nSPS) is 14.6. The molecule has 2 aromatic carbocycles. The molecule has 148 valence electrons. The van der Waals surface area contributed by atoms with Crippen LogP contribution in [0, 0.1) is 12.3 Å². The Balaban J connectivity index is 0.00000280. The number of hydrogen-bond donors (Lipinski definition) is 0. The molecule has 0 saturated carbocycles. The van der Waals surface area contributed by atoms with E-state index < -0.39 is 5.97 Å². The molecule has 0 amide bonds. The van der Waals surface area contributed by atoms with Crippen LogP contribution in [0.1, 0.15) is 33.9 Å². The molecule has 1 atom stereocenters. The van der Waals surface area contributed by atoms with Crippen molar-refractivity contribution in [2.45, 2.75) is 18.9 Å². The Labute approximate surface area is 172 Å². The standard InChI is InChI=1S/C22H23NO4.ClH/c1-5-13-23(2)18-12-10-15-9-11-16(14-17(15)18)27-22(24)21-19(25-3)7-6-8-20(21)26-4;/h1,6-9,11,14,18H,10,12-13H2,2-4H3;1H/t18-;/m1./s1. The number of nitrogens with zero attached hydrogens (tertiary/aromatic N) is 1. The lowest BCUT2D eigenvalue weighted by Crippen LogP contribution is -2.23. The zero-order valence-electron chi connectivity index (χ0n) is 16.2. The summed E-state index contributed by atoms with van der Waals surface area (Å²) in [5.74, 6) is 3.48. The maximum atomic E-state index is 12.8. The lowest BCUT2D eigenvalue weighted by Gasteiger charge is -2.23. The summed E-state index contributed by atoms with van der Waals surface area (Å²) in [6, 6.07) is 11.2.